The molecule has 4 rings (SSSR count). The van der Waals surface area contributed by atoms with E-state index in [0.29, 0.717) is 24.1 Å². The number of hydrogen-bond donors (Lipinski definition) is 1. The van der Waals surface area contributed by atoms with Crippen LogP contribution < -0.4 is 5.32 Å². The van der Waals surface area contributed by atoms with Crippen molar-refractivity contribution in [2.45, 2.75) is 71.2 Å². The first-order valence-corrected chi connectivity index (χ1v) is 11.3. The Bertz CT molecular complexity index is 829. The van der Waals surface area contributed by atoms with Crippen LogP contribution in [0.4, 0.5) is 0 Å². The van der Waals surface area contributed by atoms with Crippen LogP contribution in [0.15, 0.2) is 6.07 Å². The van der Waals surface area contributed by atoms with E-state index in [1.54, 1.807) is 18.4 Å². The molecule has 6 nitrogen and oxygen atoms in total. The highest BCUT2D eigenvalue weighted by atomic mass is 32.1. The van der Waals surface area contributed by atoms with Gasteiger partial charge in [0.25, 0.3) is 5.91 Å². The highest BCUT2D eigenvalue weighted by molar-refractivity contribution is 7.20. The van der Waals surface area contributed by atoms with Crippen LogP contribution in [0.5, 0.6) is 0 Å². The molecule has 0 radical (unpaired) electrons. The van der Waals surface area contributed by atoms with Crippen LogP contribution >= 0.6 is 11.3 Å². The van der Waals surface area contributed by atoms with Gasteiger partial charge >= 0.3 is 0 Å². The molecule has 154 valence electrons. The largest absolute Gasteiger partial charge is 0.379 e. The molecule has 1 saturated heterocycles. The van der Waals surface area contributed by atoms with E-state index in [9.17, 15) is 4.79 Å². The summed E-state index contributed by atoms with van der Waals surface area (Å²) in [5.41, 5.74) is 1.01. The van der Waals surface area contributed by atoms with E-state index in [1.165, 1.54) is 0 Å². The number of nitrogens with one attached hydrogen (secondary N) is 1. The first kappa shape index (κ1) is 19.9. The lowest BCUT2D eigenvalue weighted by Gasteiger charge is -2.45. The van der Waals surface area contributed by atoms with Crippen LogP contribution in [-0.2, 0) is 11.3 Å². The third-order valence-corrected chi connectivity index (χ3v) is 7.27. The Morgan fingerprint density at radius 2 is 2.04 bits per heavy atom. The molecule has 0 atom stereocenters. The number of fused-ring (bicyclic) bond motifs is 1. The van der Waals surface area contributed by atoms with Crippen molar-refractivity contribution in [3.63, 3.8) is 0 Å². The molecule has 0 spiro atoms. The summed E-state index contributed by atoms with van der Waals surface area (Å²) in [5.74, 6) is 0.603. The molecule has 1 saturated carbocycles. The van der Waals surface area contributed by atoms with E-state index >= 15 is 0 Å². The number of methoxy groups -OCH3 is 1. The van der Waals surface area contributed by atoms with Crippen LogP contribution in [0, 0.1) is 12.8 Å². The second kappa shape index (κ2) is 8.13. The van der Waals surface area contributed by atoms with Gasteiger partial charge in [0.05, 0.1) is 16.7 Å². The Hall–Kier alpha value is -1.44. The predicted octanol–water partition coefficient (Wildman–Crippen LogP) is 3.43. The van der Waals surface area contributed by atoms with Crippen LogP contribution in [0.1, 0.15) is 54.9 Å². The van der Waals surface area contributed by atoms with Gasteiger partial charge in [-0.3, -0.25) is 14.4 Å². The number of aromatic nitrogens is 2. The predicted molar refractivity (Wildman–Crippen MR) is 113 cm³/mol. The van der Waals surface area contributed by atoms with Crippen LogP contribution in [0.25, 0.3) is 10.2 Å². The van der Waals surface area contributed by atoms with E-state index in [0.717, 1.165) is 66.1 Å². The molecule has 1 N–H and O–H groups in total. The van der Waals surface area contributed by atoms with Gasteiger partial charge in [-0.05, 0) is 44.6 Å². The molecule has 2 aromatic heterocycles. The molecular formula is C21H32N4O2S. The van der Waals surface area contributed by atoms with E-state index < -0.39 is 0 Å². The minimum atomic E-state index is 0.0727. The Kier molecular flexibility index (Phi) is 5.76. The zero-order valence-corrected chi connectivity index (χ0v) is 18.2. The fraction of sp³-hybridized carbons (Fsp3) is 0.714. The normalized spacial score (nSPS) is 24.0. The van der Waals surface area contributed by atoms with Gasteiger partial charge in [-0.15, -0.1) is 11.3 Å². The van der Waals surface area contributed by atoms with Crippen molar-refractivity contribution < 1.29 is 9.53 Å². The monoisotopic (exact) mass is 404 g/mol. The molecule has 2 aliphatic rings. The zero-order chi connectivity index (χ0) is 19.8. The number of likely N-dealkylation sites (tertiary alicyclic amines) is 1. The first-order chi connectivity index (χ1) is 13.4. The fourth-order valence-corrected chi connectivity index (χ4v) is 5.53. The van der Waals surface area contributed by atoms with E-state index in [1.807, 2.05) is 13.0 Å². The molecule has 3 heterocycles. The third-order valence-electron chi connectivity index (χ3n) is 6.13. The molecule has 7 heteroatoms. The van der Waals surface area contributed by atoms with Gasteiger partial charge in [0.2, 0.25) is 0 Å². The van der Waals surface area contributed by atoms with Crippen molar-refractivity contribution in [1.82, 2.24) is 20.0 Å². The van der Waals surface area contributed by atoms with Gasteiger partial charge in [0.1, 0.15) is 4.83 Å². The fourth-order valence-electron chi connectivity index (χ4n) is 4.45. The number of hydrogen-bond acceptors (Lipinski definition) is 5. The summed E-state index contributed by atoms with van der Waals surface area (Å²) in [5, 5.41) is 9.03. The lowest BCUT2D eigenvalue weighted by molar-refractivity contribution is -0.0581. The second-order valence-corrected chi connectivity index (χ2v) is 9.81. The van der Waals surface area contributed by atoms with Gasteiger partial charge in [-0.2, -0.15) is 5.10 Å². The van der Waals surface area contributed by atoms with E-state index in [2.05, 4.69) is 33.8 Å². The summed E-state index contributed by atoms with van der Waals surface area (Å²) in [6.07, 6.45) is 4.87. The number of ether oxygens (including phenoxy) is 1. The standard InChI is InChI=1S/C21H32N4O2S/c1-13(2)10-25-21-18(14(3)23-25)9-19(28-21)20(26)22-15-5-7-16(8-6-15)24-11-17(12-24)27-4/h9,13,15-17H,5-8,10-12H2,1-4H3,(H,22,26). The molecule has 0 unspecified atom stereocenters. The highest BCUT2D eigenvalue weighted by Crippen LogP contribution is 2.30. The molecule has 1 aliphatic carbocycles. The van der Waals surface area contributed by atoms with Crippen molar-refractivity contribution in [1.29, 1.82) is 0 Å². The lowest BCUT2D eigenvalue weighted by atomic mass is 9.88. The Morgan fingerprint density at radius 1 is 1.32 bits per heavy atom. The SMILES string of the molecule is COC1CN(C2CCC(NC(=O)c3cc4c(C)nn(CC(C)C)c4s3)CC2)C1. The summed E-state index contributed by atoms with van der Waals surface area (Å²) < 4.78 is 7.44. The van der Waals surface area contributed by atoms with Crippen LogP contribution in [-0.4, -0.2) is 59.0 Å². The lowest BCUT2D eigenvalue weighted by Crippen LogP contribution is -2.57. The number of carbonyl (C=O) groups is 1. The Balaban J connectivity index is 1.34. The van der Waals surface area contributed by atoms with Crippen molar-refractivity contribution in [3.8, 4) is 0 Å². The quantitative estimate of drug-likeness (QED) is 0.801. The number of carbonyl (C=O) groups excluding carboxylic acids is 1. The van der Waals surface area contributed by atoms with Crippen molar-refractivity contribution in [2.24, 2.45) is 5.92 Å². The number of nitrogens with zero attached hydrogens (tertiary/aromatic N) is 3. The molecule has 2 fully saturated rings. The van der Waals surface area contributed by atoms with Crippen molar-refractivity contribution in [2.75, 3.05) is 20.2 Å². The van der Waals surface area contributed by atoms with Crippen LogP contribution in [0.3, 0.4) is 0 Å². The molecule has 28 heavy (non-hydrogen) atoms. The molecule has 0 bridgehead atoms. The van der Waals surface area contributed by atoms with Gasteiger partial charge in [-0.25, -0.2) is 0 Å². The van der Waals surface area contributed by atoms with E-state index in [4.69, 9.17) is 4.74 Å². The Morgan fingerprint density at radius 3 is 2.68 bits per heavy atom. The maximum atomic E-state index is 12.8. The summed E-state index contributed by atoms with van der Waals surface area (Å²) in [6.45, 7) is 9.42. The van der Waals surface area contributed by atoms with Crippen molar-refractivity contribution >= 4 is 27.5 Å². The topological polar surface area (TPSA) is 59.4 Å². The number of thiophene rings is 1. The number of rotatable bonds is 6. The maximum absolute atomic E-state index is 12.8. The Labute approximate surface area is 171 Å². The molecule has 1 amide bonds. The number of aryl methyl sites for hydroxylation is 1. The first-order valence-electron chi connectivity index (χ1n) is 10.5. The zero-order valence-electron chi connectivity index (χ0n) is 17.4. The number of amides is 1. The highest BCUT2D eigenvalue weighted by Gasteiger charge is 2.34. The average molecular weight is 405 g/mol. The molecular weight excluding hydrogens is 372 g/mol. The van der Waals surface area contributed by atoms with Gasteiger partial charge in [0, 0.05) is 44.2 Å². The minimum absolute atomic E-state index is 0.0727. The summed E-state index contributed by atoms with van der Waals surface area (Å²) in [4.78, 5) is 17.3. The van der Waals surface area contributed by atoms with Gasteiger partial charge < -0.3 is 10.1 Å². The van der Waals surface area contributed by atoms with E-state index in [-0.39, 0.29) is 5.91 Å². The second-order valence-electron chi connectivity index (χ2n) is 8.78. The summed E-state index contributed by atoms with van der Waals surface area (Å²) >= 11 is 1.57. The summed E-state index contributed by atoms with van der Waals surface area (Å²) in [6, 6.07) is 2.97. The van der Waals surface area contributed by atoms with Gasteiger partial charge in [0.15, 0.2) is 0 Å². The third kappa shape index (κ3) is 3.98. The van der Waals surface area contributed by atoms with Crippen LogP contribution in [0.2, 0.25) is 0 Å². The maximum Gasteiger partial charge on any atom is 0.261 e. The molecule has 2 aromatic rings. The van der Waals surface area contributed by atoms with Crippen molar-refractivity contribution in [3.05, 3.63) is 16.6 Å². The minimum Gasteiger partial charge on any atom is -0.379 e. The van der Waals surface area contributed by atoms with Gasteiger partial charge in [-0.1, -0.05) is 13.8 Å². The summed E-state index contributed by atoms with van der Waals surface area (Å²) in [7, 11) is 1.80. The molecule has 0 aromatic carbocycles. The molecule has 1 aliphatic heterocycles. The average Bonchev–Trinajstić information content (AvgIpc) is 3.17. The smallest absolute Gasteiger partial charge is 0.261 e.